The maximum atomic E-state index is 10.6. The highest BCUT2D eigenvalue weighted by molar-refractivity contribution is 6.83. The predicted molar refractivity (Wildman–Crippen MR) is 49.7 cm³/mol. The summed E-state index contributed by atoms with van der Waals surface area (Å²) >= 11 is 0. The molecule has 0 atom stereocenters. The lowest BCUT2D eigenvalue weighted by Gasteiger charge is -1.91. The first-order valence-electron chi connectivity index (χ1n) is 3.19. The van der Waals surface area contributed by atoms with Crippen molar-refractivity contribution in [1.29, 1.82) is 0 Å². The first-order valence-corrected chi connectivity index (χ1v) is 3.19. The minimum atomic E-state index is 0. The molecule has 0 spiro atoms. The van der Waals surface area contributed by atoms with Crippen LogP contribution in [0.3, 0.4) is 0 Å². The summed E-state index contributed by atoms with van der Waals surface area (Å²) in [5.74, 6) is 0. The van der Waals surface area contributed by atoms with E-state index in [1.54, 1.807) is 14.2 Å². The number of carbonyl (C=O) groups excluding carboxylic acids is 1. The van der Waals surface area contributed by atoms with Crippen molar-refractivity contribution in [2.75, 3.05) is 0 Å². The van der Waals surface area contributed by atoms with Gasteiger partial charge in [0, 0.05) is 0 Å². The van der Waals surface area contributed by atoms with Crippen LogP contribution in [0.1, 0.15) is 6.92 Å². The molecule has 0 aromatic heterocycles. The van der Waals surface area contributed by atoms with Crippen molar-refractivity contribution in [3.8, 4) is 0 Å². The minimum Gasteiger partial charge on any atom is -0.412 e. The van der Waals surface area contributed by atoms with Gasteiger partial charge in [-0.1, -0.05) is 35.8 Å². The van der Waals surface area contributed by atoms with Gasteiger partial charge in [-0.15, -0.1) is 0 Å². The number of carbonyl (C=O) groups is 1. The first kappa shape index (κ1) is 13.5. The van der Waals surface area contributed by atoms with Crippen LogP contribution in [-0.4, -0.2) is 23.9 Å². The maximum absolute atomic E-state index is 10.6. The van der Waals surface area contributed by atoms with Gasteiger partial charge in [-0.2, -0.15) is 0 Å². The molecule has 0 amide bonds. The monoisotopic (exact) mass is 167 g/mol. The Hall–Kier alpha value is -1.13. The Morgan fingerprint density at radius 1 is 1.17 bits per heavy atom. The summed E-state index contributed by atoms with van der Waals surface area (Å²) in [7, 11) is 1.61. The van der Waals surface area contributed by atoms with E-state index in [-0.39, 0.29) is 16.6 Å². The molecule has 1 rings (SSSR count). The van der Waals surface area contributed by atoms with Crippen molar-refractivity contribution >= 4 is 18.4 Å². The van der Waals surface area contributed by atoms with Crippen LogP contribution in [0.5, 0.6) is 0 Å². The molecule has 0 saturated carbocycles. The summed E-state index contributed by atoms with van der Waals surface area (Å²) in [5, 5.41) is 0. The third kappa shape index (κ3) is 4.65. The molecule has 1 aromatic rings. The lowest BCUT2D eigenvalue weighted by molar-refractivity contribution is -0.110. The molecule has 0 unspecified atom stereocenters. The van der Waals surface area contributed by atoms with Crippen molar-refractivity contribution in [3.63, 3.8) is 0 Å². The predicted octanol–water partition coefficient (Wildman–Crippen LogP) is -1.09. The zero-order valence-corrected chi connectivity index (χ0v) is 6.87. The van der Waals surface area contributed by atoms with E-state index < -0.39 is 0 Å². The van der Waals surface area contributed by atoms with Crippen LogP contribution in [0.4, 0.5) is 0 Å². The van der Waals surface area contributed by atoms with Crippen molar-refractivity contribution in [1.82, 2.24) is 0 Å². The fourth-order valence-corrected chi connectivity index (χ4v) is 0.784. The quantitative estimate of drug-likeness (QED) is 0.515. The molecule has 0 heterocycles. The SMILES string of the molecule is CC(=O)[B]c1ccccc1.O.O. The second-order valence-electron chi connectivity index (χ2n) is 2.17. The fraction of sp³-hybridized carbons (Fsp3) is 0.125. The average Bonchev–Trinajstić information content (AvgIpc) is 1.88. The van der Waals surface area contributed by atoms with Gasteiger partial charge >= 0.3 is 0 Å². The molecule has 0 fully saturated rings. The Bertz CT molecular complexity index is 223. The van der Waals surface area contributed by atoms with Gasteiger partial charge in [0.05, 0.1) is 5.68 Å². The molecule has 12 heavy (non-hydrogen) atoms. The third-order valence-electron chi connectivity index (χ3n) is 1.17. The molecule has 4 N–H and O–H groups in total. The van der Waals surface area contributed by atoms with E-state index >= 15 is 0 Å². The summed E-state index contributed by atoms with van der Waals surface area (Å²) in [6.07, 6.45) is 0. The number of rotatable bonds is 2. The highest BCUT2D eigenvalue weighted by atomic mass is 16.1. The molecular weight excluding hydrogens is 155 g/mol. The summed E-state index contributed by atoms with van der Waals surface area (Å²) in [5.41, 5.74) is 1.06. The van der Waals surface area contributed by atoms with Crippen LogP contribution in [-0.2, 0) is 4.79 Å². The molecule has 0 bridgehead atoms. The maximum Gasteiger partial charge on any atom is 0.240 e. The molecule has 1 radical (unpaired) electrons. The van der Waals surface area contributed by atoms with E-state index in [0.29, 0.717) is 0 Å². The summed E-state index contributed by atoms with van der Waals surface area (Å²) in [6, 6.07) is 9.56. The Morgan fingerprint density at radius 2 is 1.67 bits per heavy atom. The molecule has 0 saturated heterocycles. The number of hydrogen-bond acceptors (Lipinski definition) is 1. The molecule has 0 aliphatic carbocycles. The molecular formula is C8H12BO3. The van der Waals surface area contributed by atoms with E-state index in [0.717, 1.165) is 5.46 Å². The van der Waals surface area contributed by atoms with Gasteiger partial charge in [0.25, 0.3) is 0 Å². The van der Waals surface area contributed by atoms with Gasteiger partial charge in [0.2, 0.25) is 7.28 Å². The van der Waals surface area contributed by atoms with E-state index in [9.17, 15) is 4.79 Å². The zero-order chi connectivity index (χ0) is 7.40. The molecule has 4 heteroatoms. The molecule has 0 aliphatic rings. The van der Waals surface area contributed by atoms with Gasteiger partial charge in [-0.3, -0.25) is 0 Å². The van der Waals surface area contributed by atoms with Crippen molar-refractivity contribution < 1.29 is 15.7 Å². The smallest absolute Gasteiger partial charge is 0.240 e. The zero-order valence-electron chi connectivity index (χ0n) is 6.87. The second kappa shape index (κ2) is 6.58. The Balaban J connectivity index is 0. The number of hydrogen-bond donors (Lipinski definition) is 0. The number of benzene rings is 1. The van der Waals surface area contributed by atoms with Gasteiger partial charge in [0.15, 0.2) is 0 Å². The Labute approximate surface area is 72.3 Å². The Morgan fingerprint density at radius 3 is 2.08 bits per heavy atom. The van der Waals surface area contributed by atoms with E-state index in [2.05, 4.69) is 0 Å². The van der Waals surface area contributed by atoms with Crippen LogP contribution in [0.25, 0.3) is 0 Å². The van der Waals surface area contributed by atoms with Gasteiger partial charge in [-0.25, -0.2) is 0 Å². The van der Waals surface area contributed by atoms with Crippen LogP contribution in [0.2, 0.25) is 0 Å². The standard InChI is InChI=1S/C8H8BO.2H2O/c1-7(10)9-8-5-3-2-4-6-8;;/h2-6H,1H3;2*1H2. The Kier molecular flexibility index (Phi) is 7.38. The van der Waals surface area contributed by atoms with Crippen molar-refractivity contribution in [2.24, 2.45) is 0 Å². The van der Waals surface area contributed by atoms with Crippen LogP contribution in [0, 0.1) is 0 Å². The molecule has 3 nitrogen and oxygen atoms in total. The largest absolute Gasteiger partial charge is 0.412 e. The average molecular weight is 167 g/mol. The molecule has 65 valence electrons. The molecule has 0 aliphatic heterocycles. The second-order valence-corrected chi connectivity index (χ2v) is 2.17. The first-order chi connectivity index (χ1) is 4.79. The summed E-state index contributed by atoms with van der Waals surface area (Å²) in [4.78, 5) is 10.6. The third-order valence-corrected chi connectivity index (χ3v) is 1.17. The van der Waals surface area contributed by atoms with Gasteiger partial charge in [0.1, 0.15) is 0 Å². The van der Waals surface area contributed by atoms with E-state index in [4.69, 9.17) is 0 Å². The molecule has 1 aromatic carbocycles. The van der Waals surface area contributed by atoms with E-state index in [1.807, 2.05) is 30.3 Å². The normalized spacial score (nSPS) is 7.42. The lowest BCUT2D eigenvalue weighted by atomic mass is 9.67. The summed E-state index contributed by atoms with van der Waals surface area (Å²) in [6.45, 7) is 1.55. The summed E-state index contributed by atoms with van der Waals surface area (Å²) < 4.78 is 0. The van der Waals surface area contributed by atoms with Crippen molar-refractivity contribution in [2.45, 2.75) is 6.92 Å². The highest BCUT2D eigenvalue weighted by Gasteiger charge is 1.97. The lowest BCUT2D eigenvalue weighted by Crippen LogP contribution is -2.20. The van der Waals surface area contributed by atoms with Gasteiger partial charge < -0.3 is 15.7 Å². The van der Waals surface area contributed by atoms with Crippen LogP contribution >= 0.6 is 0 Å². The van der Waals surface area contributed by atoms with Crippen LogP contribution in [0.15, 0.2) is 30.3 Å². The highest BCUT2D eigenvalue weighted by Crippen LogP contribution is 1.80. The van der Waals surface area contributed by atoms with Crippen LogP contribution < -0.4 is 5.46 Å². The minimum absolute atomic E-state index is 0. The topological polar surface area (TPSA) is 80.1 Å². The van der Waals surface area contributed by atoms with E-state index in [1.165, 1.54) is 0 Å². The fourth-order valence-electron chi connectivity index (χ4n) is 0.784. The van der Waals surface area contributed by atoms with Gasteiger partial charge in [-0.05, 0) is 6.92 Å². The van der Waals surface area contributed by atoms with Crippen molar-refractivity contribution in [3.05, 3.63) is 30.3 Å².